The molecule has 0 bridgehead atoms. The number of aromatic amines is 1. The highest BCUT2D eigenvalue weighted by molar-refractivity contribution is 7.78. The van der Waals surface area contributed by atoms with Crippen LogP contribution in [0.15, 0.2) is 60.8 Å². The van der Waals surface area contributed by atoms with E-state index in [2.05, 4.69) is 38.5 Å². The molecular weight excluding hydrogens is 284 g/mol. The largest absolute Gasteiger partial charge is 0.197 e. The maximum absolute atomic E-state index is 4.10. The Balaban J connectivity index is 0.000000131. The minimum absolute atomic E-state index is 0.902. The molecule has 0 atom stereocenters. The van der Waals surface area contributed by atoms with Crippen molar-refractivity contribution in [1.82, 2.24) is 29.8 Å². The van der Waals surface area contributed by atoms with Gasteiger partial charge in [0.25, 0.3) is 0 Å². The van der Waals surface area contributed by atoms with Gasteiger partial charge in [-0.15, -0.1) is 5.10 Å². The summed E-state index contributed by atoms with van der Waals surface area (Å²) >= 11 is 4.10. The van der Waals surface area contributed by atoms with Crippen LogP contribution in [0.3, 0.4) is 0 Å². The number of thiol groups is 1. The maximum Gasteiger partial charge on any atom is 0.112 e. The highest BCUT2D eigenvalue weighted by atomic mass is 32.1. The van der Waals surface area contributed by atoms with E-state index in [1.54, 1.807) is 6.20 Å². The molecule has 0 saturated carbocycles. The van der Waals surface area contributed by atoms with Crippen LogP contribution in [0.25, 0.3) is 22.3 Å². The highest BCUT2D eigenvalue weighted by Crippen LogP contribution is 2.17. The smallest absolute Gasteiger partial charge is 0.112 e. The van der Waals surface area contributed by atoms with E-state index in [0.717, 1.165) is 22.3 Å². The Kier molecular flexibility index (Phi) is 3.92. The SMILES string of the molecule is Sn1nncc1-c1ccccc1.c1ccc2n[nH]nc2c1. The van der Waals surface area contributed by atoms with E-state index in [0.29, 0.717) is 0 Å². The molecule has 21 heavy (non-hydrogen) atoms. The normalized spacial score (nSPS) is 10.1. The van der Waals surface area contributed by atoms with Crippen molar-refractivity contribution in [3.8, 4) is 11.3 Å². The van der Waals surface area contributed by atoms with Gasteiger partial charge >= 0.3 is 0 Å². The van der Waals surface area contributed by atoms with Crippen LogP contribution in [0.4, 0.5) is 0 Å². The van der Waals surface area contributed by atoms with Crippen molar-refractivity contribution >= 4 is 23.8 Å². The molecule has 2 aromatic carbocycles. The number of rotatable bonds is 1. The van der Waals surface area contributed by atoms with Crippen molar-refractivity contribution in [2.45, 2.75) is 0 Å². The third kappa shape index (κ3) is 3.09. The number of para-hydroxylation sites is 2. The number of hydrogen-bond donors (Lipinski definition) is 2. The van der Waals surface area contributed by atoms with Gasteiger partial charge in [-0.1, -0.05) is 47.7 Å². The molecule has 2 aromatic heterocycles. The summed E-state index contributed by atoms with van der Waals surface area (Å²) < 4.78 is 1.45. The first kappa shape index (κ1) is 13.3. The van der Waals surface area contributed by atoms with Crippen LogP contribution in [0, 0.1) is 0 Å². The first-order valence-corrected chi connectivity index (χ1v) is 6.65. The summed E-state index contributed by atoms with van der Waals surface area (Å²) in [6, 6.07) is 17.6. The summed E-state index contributed by atoms with van der Waals surface area (Å²) in [5.74, 6) is 0. The Morgan fingerprint density at radius 1 is 0.857 bits per heavy atom. The van der Waals surface area contributed by atoms with Crippen LogP contribution in [-0.4, -0.2) is 29.8 Å². The average molecular weight is 296 g/mol. The van der Waals surface area contributed by atoms with Crippen LogP contribution in [0.1, 0.15) is 0 Å². The molecule has 0 aliphatic heterocycles. The van der Waals surface area contributed by atoms with Gasteiger partial charge in [-0.05, 0) is 24.9 Å². The van der Waals surface area contributed by atoms with Crippen molar-refractivity contribution in [2.75, 3.05) is 0 Å². The summed E-state index contributed by atoms with van der Waals surface area (Å²) in [7, 11) is 0. The molecule has 0 unspecified atom stereocenters. The standard InChI is InChI=1S/C8H7N3S.C6H5N3/c12-11-8(6-9-10-11)7-4-2-1-3-5-7;1-2-4-6-5(3-1)7-9-8-6/h1-6,12H;1-4H,(H,7,8,9). The zero-order valence-electron chi connectivity index (χ0n) is 11.0. The molecule has 0 fully saturated rings. The molecule has 2 heterocycles. The molecule has 4 aromatic rings. The molecule has 0 saturated heterocycles. The third-order valence-corrected chi connectivity index (χ3v) is 3.12. The van der Waals surface area contributed by atoms with Crippen LogP contribution in [0.5, 0.6) is 0 Å². The number of nitrogens with zero attached hydrogens (tertiary/aromatic N) is 5. The molecular formula is C14H12N6S. The van der Waals surface area contributed by atoms with Crippen molar-refractivity contribution in [3.05, 3.63) is 60.8 Å². The monoisotopic (exact) mass is 296 g/mol. The average Bonchev–Trinajstić information content (AvgIpc) is 3.17. The molecule has 4 rings (SSSR count). The second-order valence-corrected chi connectivity index (χ2v) is 4.57. The molecule has 6 nitrogen and oxygen atoms in total. The van der Waals surface area contributed by atoms with E-state index in [1.165, 1.54) is 4.09 Å². The lowest BCUT2D eigenvalue weighted by molar-refractivity contribution is 0.899. The van der Waals surface area contributed by atoms with Crippen LogP contribution in [-0.2, 0) is 0 Å². The Hall–Kier alpha value is -2.67. The Labute approximate surface area is 126 Å². The molecule has 1 N–H and O–H groups in total. The molecule has 7 heteroatoms. The van der Waals surface area contributed by atoms with Crippen LogP contribution >= 0.6 is 12.8 Å². The Bertz CT molecular complexity index is 793. The van der Waals surface area contributed by atoms with Gasteiger partial charge in [0.2, 0.25) is 0 Å². The summed E-state index contributed by atoms with van der Waals surface area (Å²) in [4.78, 5) is 0. The Morgan fingerprint density at radius 3 is 2.05 bits per heavy atom. The van der Waals surface area contributed by atoms with Gasteiger partial charge in [-0.2, -0.15) is 19.5 Å². The first-order chi connectivity index (χ1) is 10.3. The lowest BCUT2D eigenvalue weighted by atomic mass is 10.2. The van der Waals surface area contributed by atoms with E-state index in [-0.39, 0.29) is 0 Å². The fraction of sp³-hybridized carbons (Fsp3) is 0. The summed E-state index contributed by atoms with van der Waals surface area (Å²) in [6.07, 6.45) is 1.68. The van der Waals surface area contributed by atoms with Gasteiger partial charge < -0.3 is 0 Å². The second kappa shape index (κ2) is 6.19. The minimum atomic E-state index is 0.902. The van der Waals surface area contributed by atoms with Crippen LogP contribution < -0.4 is 0 Å². The second-order valence-electron chi connectivity index (χ2n) is 4.19. The molecule has 0 radical (unpaired) electrons. The first-order valence-electron chi connectivity index (χ1n) is 6.25. The van der Waals surface area contributed by atoms with Gasteiger partial charge in [-0.3, -0.25) is 0 Å². The van der Waals surface area contributed by atoms with Crippen molar-refractivity contribution in [1.29, 1.82) is 0 Å². The predicted octanol–water partition coefficient (Wildman–Crippen LogP) is 2.60. The fourth-order valence-corrected chi connectivity index (χ4v) is 2.03. The maximum atomic E-state index is 4.10. The lowest BCUT2D eigenvalue weighted by Gasteiger charge is -1.97. The van der Waals surface area contributed by atoms with Gasteiger partial charge in [0.15, 0.2) is 0 Å². The van der Waals surface area contributed by atoms with Crippen molar-refractivity contribution in [2.24, 2.45) is 0 Å². The molecule has 0 aliphatic carbocycles. The van der Waals surface area contributed by atoms with Gasteiger partial charge in [0.05, 0.1) is 6.20 Å². The number of fused-ring (bicyclic) bond motifs is 1. The molecule has 104 valence electrons. The molecule has 0 aliphatic rings. The number of H-pyrrole nitrogens is 1. The van der Waals surface area contributed by atoms with Crippen LogP contribution in [0.2, 0.25) is 0 Å². The van der Waals surface area contributed by atoms with E-state index >= 15 is 0 Å². The van der Waals surface area contributed by atoms with E-state index in [1.807, 2.05) is 54.6 Å². The minimum Gasteiger partial charge on any atom is -0.197 e. The molecule has 0 amide bonds. The predicted molar refractivity (Wildman–Crippen MR) is 83.7 cm³/mol. The van der Waals surface area contributed by atoms with E-state index < -0.39 is 0 Å². The Morgan fingerprint density at radius 2 is 1.48 bits per heavy atom. The van der Waals surface area contributed by atoms with E-state index in [9.17, 15) is 0 Å². The quantitative estimate of drug-likeness (QED) is 0.530. The zero-order chi connectivity index (χ0) is 14.5. The van der Waals surface area contributed by atoms with Gasteiger partial charge in [-0.25, -0.2) is 0 Å². The van der Waals surface area contributed by atoms with Gasteiger partial charge in [0.1, 0.15) is 16.7 Å². The fourth-order valence-electron chi connectivity index (χ4n) is 1.81. The highest BCUT2D eigenvalue weighted by Gasteiger charge is 2.01. The van der Waals surface area contributed by atoms with Crippen molar-refractivity contribution in [3.63, 3.8) is 0 Å². The topological polar surface area (TPSA) is 72.3 Å². The number of aromatic nitrogens is 6. The third-order valence-electron chi connectivity index (χ3n) is 2.82. The zero-order valence-corrected chi connectivity index (χ0v) is 11.9. The summed E-state index contributed by atoms with van der Waals surface area (Å²) in [5, 5.41) is 17.8. The summed E-state index contributed by atoms with van der Waals surface area (Å²) in [6.45, 7) is 0. The van der Waals surface area contributed by atoms with Crippen molar-refractivity contribution < 1.29 is 0 Å². The number of hydrogen-bond acceptors (Lipinski definition) is 5. The lowest BCUT2D eigenvalue weighted by Crippen LogP contribution is -1.86. The number of nitrogens with one attached hydrogen (secondary N) is 1. The van der Waals surface area contributed by atoms with E-state index in [4.69, 9.17) is 0 Å². The van der Waals surface area contributed by atoms with Gasteiger partial charge in [0, 0.05) is 5.56 Å². The summed E-state index contributed by atoms with van der Waals surface area (Å²) in [5.41, 5.74) is 3.80. The number of benzene rings is 2. The molecule has 0 spiro atoms.